The Hall–Kier alpha value is -2.93. The summed E-state index contributed by atoms with van der Waals surface area (Å²) >= 11 is 0. The lowest BCUT2D eigenvalue weighted by Gasteiger charge is -2.24. The fourth-order valence-corrected chi connectivity index (χ4v) is 6.12. The molecular formula is C26H32N3O10P. The number of aryl methyl sites for hydroxylation is 1. The van der Waals surface area contributed by atoms with Crippen LogP contribution in [-0.2, 0) is 27.9 Å². The van der Waals surface area contributed by atoms with Crippen molar-refractivity contribution in [3.05, 3.63) is 68.0 Å². The molecule has 0 saturated carbocycles. The number of benzene rings is 1. The van der Waals surface area contributed by atoms with E-state index in [1.807, 2.05) is 13.8 Å². The van der Waals surface area contributed by atoms with Crippen molar-refractivity contribution in [2.24, 2.45) is 5.92 Å². The maximum Gasteiger partial charge on any atom is 0.330 e. The first kappa shape index (κ1) is 28.6. The van der Waals surface area contributed by atoms with E-state index in [0.29, 0.717) is 5.06 Å². The number of carbonyl (C=O) groups excluding carboxylic acids is 2. The first-order valence-electron chi connectivity index (χ1n) is 13.1. The third-order valence-electron chi connectivity index (χ3n) is 7.38. The molecule has 4 heterocycles. The van der Waals surface area contributed by atoms with Crippen LogP contribution in [0.5, 0.6) is 0 Å². The van der Waals surface area contributed by atoms with Gasteiger partial charge in [-0.1, -0.05) is 12.1 Å². The fraction of sp³-hybridized carbons (Fsp3) is 0.538. The molecule has 0 spiro atoms. The summed E-state index contributed by atoms with van der Waals surface area (Å²) < 4.78 is 37.4. The third kappa shape index (κ3) is 5.76. The van der Waals surface area contributed by atoms with Crippen LogP contribution in [0.3, 0.4) is 0 Å². The normalized spacial score (nSPS) is 29.6. The first-order chi connectivity index (χ1) is 18.9. The van der Waals surface area contributed by atoms with Crippen molar-refractivity contribution < 1.29 is 37.5 Å². The zero-order valence-corrected chi connectivity index (χ0v) is 23.5. The summed E-state index contributed by atoms with van der Waals surface area (Å²) in [6.07, 6.45) is -0.612. The van der Waals surface area contributed by atoms with E-state index in [1.165, 1.54) is 29.6 Å². The van der Waals surface area contributed by atoms with Gasteiger partial charge in [-0.15, -0.1) is 5.06 Å². The molecule has 3 aliphatic heterocycles. The molecule has 2 saturated heterocycles. The summed E-state index contributed by atoms with van der Waals surface area (Å²) in [6, 6.07) is 6.33. The number of nitrogens with one attached hydrogen (secondary N) is 1. The zero-order chi connectivity index (χ0) is 28.8. The summed E-state index contributed by atoms with van der Waals surface area (Å²) in [5.74, 6) is -1.20. The Morgan fingerprint density at radius 3 is 2.27 bits per heavy atom. The Morgan fingerprint density at radius 2 is 1.65 bits per heavy atom. The molecular weight excluding hydrogens is 545 g/mol. The van der Waals surface area contributed by atoms with E-state index in [2.05, 4.69) is 4.98 Å². The van der Waals surface area contributed by atoms with Crippen LogP contribution in [0.15, 0.2) is 40.1 Å². The highest BCUT2D eigenvalue weighted by Crippen LogP contribution is 2.46. The van der Waals surface area contributed by atoms with Gasteiger partial charge in [-0.05, 0) is 39.3 Å². The molecule has 2 amide bonds. The highest BCUT2D eigenvalue weighted by Gasteiger charge is 2.45. The minimum atomic E-state index is -3.55. The van der Waals surface area contributed by atoms with Crippen molar-refractivity contribution in [3.63, 3.8) is 0 Å². The van der Waals surface area contributed by atoms with Gasteiger partial charge in [-0.25, -0.2) is 4.79 Å². The largest absolute Gasteiger partial charge is 0.375 e. The molecule has 2 fully saturated rings. The van der Waals surface area contributed by atoms with Gasteiger partial charge in [0.1, 0.15) is 18.4 Å². The Labute approximate surface area is 229 Å². The zero-order valence-electron chi connectivity index (χ0n) is 22.6. The number of hydrogen-bond acceptors (Lipinski definition) is 10. The van der Waals surface area contributed by atoms with Gasteiger partial charge in [0, 0.05) is 30.8 Å². The van der Waals surface area contributed by atoms with Crippen LogP contribution in [0.2, 0.25) is 0 Å². The Bertz CT molecular complexity index is 1440. The average Bonchev–Trinajstić information content (AvgIpc) is 3.54. The molecule has 40 heavy (non-hydrogen) atoms. The Morgan fingerprint density at radius 1 is 1.00 bits per heavy atom. The van der Waals surface area contributed by atoms with Crippen LogP contribution in [-0.4, -0.2) is 70.7 Å². The van der Waals surface area contributed by atoms with Crippen molar-refractivity contribution in [3.8, 4) is 0 Å². The number of amides is 2. The van der Waals surface area contributed by atoms with Crippen molar-refractivity contribution >= 4 is 19.4 Å². The summed E-state index contributed by atoms with van der Waals surface area (Å²) in [5.41, 5.74) is -0.540. The average molecular weight is 578 g/mol. The van der Waals surface area contributed by atoms with E-state index in [0.717, 1.165) is 6.42 Å². The smallest absolute Gasteiger partial charge is 0.330 e. The number of carbonyl (C=O) groups is 2. The molecule has 2 aromatic rings. The lowest BCUT2D eigenvalue weighted by atomic mass is 10.0. The highest BCUT2D eigenvalue weighted by atomic mass is 31.2. The van der Waals surface area contributed by atoms with E-state index >= 15 is 0 Å². The molecule has 0 bridgehead atoms. The molecule has 0 radical (unpaired) electrons. The number of nitrogens with zero attached hydrogens (tertiary/aromatic N) is 2. The van der Waals surface area contributed by atoms with Crippen LogP contribution >= 0.6 is 7.60 Å². The van der Waals surface area contributed by atoms with Gasteiger partial charge in [0.2, 0.25) is 0 Å². The standard InChI is InChI=1S/C26H32N3O10P/c1-14-11-28(26(33)27-23(14)30)22-10-20(39-29-24(31)18-7-5-6-8-19(18)25(29)32)21(38-22)13-36-40(4,34)35-12-17-9-15(2)37-16(17)3/h5-8,11,15-17,20-22H,9-10,12-13H2,1-4H3,(H,27,30,33)/t15?,16?,17-,20+,21+,22+,40?/m0/s1. The second-order valence-electron chi connectivity index (χ2n) is 10.4. The van der Waals surface area contributed by atoms with Gasteiger partial charge in [0.15, 0.2) is 0 Å². The lowest BCUT2D eigenvalue weighted by Crippen LogP contribution is -2.39. The van der Waals surface area contributed by atoms with Gasteiger partial charge in [0.25, 0.3) is 17.4 Å². The van der Waals surface area contributed by atoms with Crippen LogP contribution in [0, 0.1) is 12.8 Å². The number of hydrogen-bond donors (Lipinski definition) is 1. The molecule has 14 heteroatoms. The number of ether oxygens (including phenoxy) is 2. The summed E-state index contributed by atoms with van der Waals surface area (Å²) in [7, 11) is -3.55. The molecule has 1 aromatic heterocycles. The number of aromatic nitrogens is 2. The van der Waals surface area contributed by atoms with Crippen molar-refractivity contribution in [2.75, 3.05) is 19.9 Å². The Kier molecular flexibility index (Phi) is 7.97. The first-order valence-corrected chi connectivity index (χ1v) is 15.1. The summed E-state index contributed by atoms with van der Waals surface area (Å²) in [4.78, 5) is 58.3. The maximum atomic E-state index is 13.1. The molecule has 216 valence electrons. The molecule has 7 atom stereocenters. The number of rotatable bonds is 9. The Balaban J connectivity index is 1.32. The van der Waals surface area contributed by atoms with E-state index < -0.39 is 49.1 Å². The molecule has 13 nitrogen and oxygen atoms in total. The number of hydroxylamine groups is 2. The minimum absolute atomic E-state index is 0.0243. The van der Waals surface area contributed by atoms with Crippen LogP contribution in [0.4, 0.5) is 0 Å². The fourth-order valence-electron chi connectivity index (χ4n) is 5.16. The molecule has 3 unspecified atom stereocenters. The van der Waals surface area contributed by atoms with Crippen LogP contribution in [0.1, 0.15) is 59.2 Å². The third-order valence-corrected chi connectivity index (χ3v) is 8.61. The number of fused-ring (bicyclic) bond motifs is 1. The molecule has 0 aliphatic carbocycles. The van der Waals surface area contributed by atoms with E-state index in [-0.39, 0.29) is 54.5 Å². The van der Waals surface area contributed by atoms with Crippen molar-refractivity contribution in [1.29, 1.82) is 0 Å². The monoisotopic (exact) mass is 577 g/mol. The molecule has 1 aromatic carbocycles. The van der Waals surface area contributed by atoms with Crippen LogP contribution in [0.25, 0.3) is 0 Å². The second-order valence-corrected chi connectivity index (χ2v) is 12.5. The van der Waals surface area contributed by atoms with Gasteiger partial charge < -0.3 is 18.5 Å². The van der Waals surface area contributed by atoms with Crippen molar-refractivity contribution in [2.45, 2.75) is 64.3 Å². The minimum Gasteiger partial charge on any atom is -0.375 e. The SMILES string of the molecule is Cc1cn([C@H]2C[C@@H](ON3C(=O)c4ccccc4C3=O)[C@@H](COP(C)(=O)OC[C@@H]3CC(C)OC3C)O2)c(=O)[nH]c1=O. The summed E-state index contributed by atoms with van der Waals surface area (Å²) in [6.45, 7) is 6.71. The number of imide groups is 1. The quantitative estimate of drug-likeness (QED) is 0.347. The van der Waals surface area contributed by atoms with Gasteiger partial charge in [-0.3, -0.25) is 33.3 Å². The van der Waals surface area contributed by atoms with Crippen molar-refractivity contribution in [1.82, 2.24) is 14.6 Å². The number of aromatic amines is 1. The van der Waals surface area contributed by atoms with Gasteiger partial charge >= 0.3 is 13.3 Å². The molecule has 3 aliphatic rings. The van der Waals surface area contributed by atoms with E-state index in [1.54, 1.807) is 19.1 Å². The number of H-pyrrole nitrogens is 1. The van der Waals surface area contributed by atoms with Crippen LogP contribution < -0.4 is 11.2 Å². The molecule has 5 rings (SSSR count). The second kappa shape index (κ2) is 11.2. The highest BCUT2D eigenvalue weighted by molar-refractivity contribution is 7.52. The van der Waals surface area contributed by atoms with Gasteiger partial charge in [-0.2, -0.15) is 0 Å². The predicted molar refractivity (Wildman–Crippen MR) is 140 cm³/mol. The molecule has 1 N–H and O–H groups in total. The van der Waals surface area contributed by atoms with E-state index in [9.17, 15) is 23.7 Å². The topological polar surface area (TPSA) is 155 Å². The lowest BCUT2D eigenvalue weighted by molar-refractivity contribution is -0.154. The maximum absolute atomic E-state index is 13.1. The predicted octanol–water partition coefficient (Wildman–Crippen LogP) is 2.40. The van der Waals surface area contributed by atoms with E-state index in [4.69, 9.17) is 23.4 Å². The summed E-state index contributed by atoms with van der Waals surface area (Å²) in [5, 5.41) is 0.666. The van der Waals surface area contributed by atoms with Gasteiger partial charge in [0.05, 0.1) is 36.5 Å².